The van der Waals surface area contributed by atoms with Gasteiger partial charge in [0.05, 0.1) is 28.5 Å². The van der Waals surface area contributed by atoms with Crippen molar-refractivity contribution >= 4 is 16.9 Å². The highest BCUT2D eigenvalue weighted by molar-refractivity contribution is 5.97. The lowest BCUT2D eigenvalue weighted by molar-refractivity contribution is 0.00823. The minimum Gasteiger partial charge on any atom is -0.381 e. The van der Waals surface area contributed by atoms with Crippen molar-refractivity contribution in [2.45, 2.75) is 57.7 Å². The predicted octanol–water partition coefficient (Wildman–Crippen LogP) is 3.03. The highest BCUT2D eigenvalue weighted by Crippen LogP contribution is 2.37. The highest BCUT2D eigenvalue weighted by Gasteiger charge is 2.43. The molecule has 1 aromatic heterocycles. The number of ether oxygens (including phenoxy) is 1. The van der Waals surface area contributed by atoms with Crippen molar-refractivity contribution in [1.82, 2.24) is 14.9 Å². The summed E-state index contributed by atoms with van der Waals surface area (Å²) in [6.07, 6.45) is 4.36. The molecule has 1 amide bonds. The summed E-state index contributed by atoms with van der Waals surface area (Å²) in [5.74, 6) is 0.124. The fourth-order valence-corrected chi connectivity index (χ4v) is 4.16. The van der Waals surface area contributed by atoms with E-state index in [0.29, 0.717) is 23.8 Å². The van der Waals surface area contributed by atoms with Crippen molar-refractivity contribution in [3.63, 3.8) is 0 Å². The lowest BCUT2D eigenvalue weighted by Crippen LogP contribution is -2.48. The van der Waals surface area contributed by atoms with Crippen LogP contribution in [0.25, 0.3) is 11.0 Å². The van der Waals surface area contributed by atoms with Gasteiger partial charge < -0.3 is 9.64 Å². The molecular weight excluding hydrogens is 302 g/mol. The lowest BCUT2D eigenvalue weighted by Gasteiger charge is -2.38. The van der Waals surface area contributed by atoms with Crippen molar-refractivity contribution in [1.29, 1.82) is 0 Å². The average molecular weight is 325 g/mol. The van der Waals surface area contributed by atoms with Gasteiger partial charge in [0.2, 0.25) is 0 Å². The molecule has 3 heterocycles. The van der Waals surface area contributed by atoms with E-state index in [0.717, 1.165) is 48.1 Å². The second-order valence-corrected chi connectivity index (χ2v) is 7.02. The first kappa shape index (κ1) is 15.5. The van der Waals surface area contributed by atoms with Gasteiger partial charge in [0.15, 0.2) is 0 Å². The van der Waals surface area contributed by atoms with E-state index in [2.05, 4.69) is 14.9 Å². The number of nitrogens with zero attached hydrogens (tertiary/aromatic N) is 3. The smallest absolute Gasteiger partial charge is 0.254 e. The number of hydrogen-bond acceptors (Lipinski definition) is 4. The number of amides is 1. The Morgan fingerprint density at radius 3 is 2.33 bits per heavy atom. The Kier molecular flexibility index (Phi) is 3.76. The number of hydrogen-bond donors (Lipinski definition) is 0. The topological polar surface area (TPSA) is 55.3 Å². The van der Waals surface area contributed by atoms with Gasteiger partial charge in [0.25, 0.3) is 5.91 Å². The SMILES string of the molecule is COC1C[C@H]2CC[C@@H](C1)N2C(=O)c1ccc2nc(C)c(C)nc2c1. The normalized spacial score (nSPS) is 26.1. The van der Waals surface area contributed by atoms with Crippen LogP contribution in [0, 0.1) is 13.8 Å². The summed E-state index contributed by atoms with van der Waals surface area (Å²) in [7, 11) is 1.77. The monoisotopic (exact) mass is 325 g/mol. The van der Waals surface area contributed by atoms with Crippen LogP contribution in [0.4, 0.5) is 0 Å². The Morgan fingerprint density at radius 1 is 1.08 bits per heavy atom. The fourth-order valence-electron chi connectivity index (χ4n) is 4.16. The van der Waals surface area contributed by atoms with Crippen LogP contribution in [-0.2, 0) is 4.74 Å². The van der Waals surface area contributed by atoms with Crippen LogP contribution in [0.3, 0.4) is 0 Å². The van der Waals surface area contributed by atoms with Crippen LogP contribution < -0.4 is 0 Å². The summed E-state index contributed by atoms with van der Waals surface area (Å²) in [5, 5.41) is 0. The zero-order valence-electron chi connectivity index (χ0n) is 14.5. The van der Waals surface area contributed by atoms with Gasteiger partial charge in [0, 0.05) is 24.8 Å². The zero-order chi connectivity index (χ0) is 16.8. The molecule has 2 bridgehead atoms. The molecule has 2 aliphatic rings. The van der Waals surface area contributed by atoms with Crippen LogP contribution in [-0.4, -0.2) is 46.1 Å². The van der Waals surface area contributed by atoms with Crippen LogP contribution >= 0.6 is 0 Å². The molecule has 24 heavy (non-hydrogen) atoms. The van der Waals surface area contributed by atoms with E-state index in [1.807, 2.05) is 32.0 Å². The number of piperidine rings is 1. The minimum atomic E-state index is 0.124. The number of rotatable bonds is 2. The Hall–Kier alpha value is -2.01. The van der Waals surface area contributed by atoms with Crippen molar-refractivity contribution in [2.75, 3.05) is 7.11 Å². The molecule has 2 aromatic rings. The van der Waals surface area contributed by atoms with E-state index in [4.69, 9.17) is 4.74 Å². The average Bonchev–Trinajstić information content (AvgIpc) is 2.84. The van der Waals surface area contributed by atoms with E-state index < -0.39 is 0 Å². The molecule has 3 atom stereocenters. The molecule has 1 unspecified atom stereocenters. The summed E-state index contributed by atoms with van der Waals surface area (Å²) >= 11 is 0. The number of benzene rings is 1. The number of fused-ring (bicyclic) bond motifs is 3. The quantitative estimate of drug-likeness (QED) is 0.851. The molecule has 0 radical (unpaired) electrons. The van der Waals surface area contributed by atoms with Crippen LogP contribution in [0.15, 0.2) is 18.2 Å². The first-order chi connectivity index (χ1) is 11.6. The second-order valence-electron chi connectivity index (χ2n) is 7.02. The number of carbonyl (C=O) groups excluding carboxylic acids is 1. The third-order valence-electron chi connectivity index (χ3n) is 5.58. The molecule has 5 nitrogen and oxygen atoms in total. The van der Waals surface area contributed by atoms with Gasteiger partial charge in [-0.2, -0.15) is 0 Å². The maximum atomic E-state index is 13.1. The van der Waals surface area contributed by atoms with Gasteiger partial charge in [-0.05, 0) is 57.7 Å². The first-order valence-corrected chi connectivity index (χ1v) is 8.67. The summed E-state index contributed by atoms with van der Waals surface area (Å²) in [5.41, 5.74) is 4.20. The summed E-state index contributed by atoms with van der Waals surface area (Å²) in [6.45, 7) is 3.91. The summed E-state index contributed by atoms with van der Waals surface area (Å²) in [4.78, 5) is 24.3. The molecule has 0 spiro atoms. The van der Waals surface area contributed by atoms with E-state index >= 15 is 0 Å². The summed E-state index contributed by atoms with van der Waals surface area (Å²) < 4.78 is 5.53. The first-order valence-electron chi connectivity index (χ1n) is 8.67. The molecule has 126 valence electrons. The van der Waals surface area contributed by atoms with Crippen molar-refractivity contribution in [3.8, 4) is 0 Å². The van der Waals surface area contributed by atoms with Gasteiger partial charge in [-0.1, -0.05) is 0 Å². The predicted molar refractivity (Wildman–Crippen MR) is 92.0 cm³/mol. The Labute approximate surface area is 142 Å². The number of aromatic nitrogens is 2. The Morgan fingerprint density at radius 2 is 1.71 bits per heavy atom. The van der Waals surface area contributed by atoms with Gasteiger partial charge in [0.1, 0.15) is 0 Å². The molecule has 0 N–H and O–H groups in total. The second kappa shape index (κ2) is 5.81. The van der Waals surface area contributed by atoms with E-state index in [-0.39, 0.29) is 5.91 Å². The van der Waals surface area contributed by atoms with E-state index in [9.17, 15) is 4.79 Å². The van der Waals surface area contributed by atoms with Gasteiger partial charge in [-0.15, -0.1) is 0 Å². The molecule has 1 aromatic carbocycles. The third kappa shape index (κ3) is 2.47. The molecule has 2 fully saturated rings. The van der Waals surface area contributed by atoms with Crippen molar-refractivity contribution in [3.05, 3.63) is 35.2 Å². The minimum absolute atomic E-state index is 0.124. The molecule has 2 aliphatic heterocycles. The Bertz CT molecular complexity index is 791. The van der Waals surface area contributed by atoms with Gasteiger partial charge in [-0.25, -0.2) is 9.97 Å². The molecule has 0 aliphatic carbocycles. The van der Waals surface area contributed by atoms with Crippen LogP contribution in [0.1, 0.15) is 47.4 Å². The summed E-state index contributed by atoms with van der Waals surface area (Å²) in [6, 6.07) is 6.30. The van der Waals surface area contributed by atoms with Crippen molar-refractivity contribution in [2.24, 2.45) is 0 Å². The number of carbonyl (C=O) groups is 1. The van der Waals surface area contributed by atoms with E-state index in [1.54, 1.807) is 7.11 Å². The van der Waals surface area contributed by atoms with Crippen molar-refractivity contribution < 1.29 is 9.53 Å². The van der Waals surface area contributed by atoms with Crippen LogP contribution in [0.2, 0.25) is 0 Å². The molecule has 2 saturated heterocycles. The fraction of sp³-hybridized carbons (Fsp3) is 0.526. The van der Waals surface area contributed by atoms with Gasteiger partial charge >= 0.3 is 0 Å². The number of methoxy groups -OCH3 is 1. The highest BCUT2D eigenvalue weighted by atomic mass is 16.5. The molecule has 0 saturated carbocycles. The van der Waals surface area contributed by atoms with Crippen LogP contribution in [0.5, 0.6) is 0 Å². The molecule has 5 heteroatoms. The largest absolute Gasteiger partial charge is 0.381 e. The number of aryl methyl sites for hydroxylation is 2. The maximum Gasteiger partial charge on any atom is 0.254 e. The van der Waals surface area contributed by atoms with E-state index in [1.165, 1.54) is 0 Å². The third-order valence-corrected chi connectivity index (χ3v) is 5.58. The zero-order valence-corrected chi connectivity index (χ0v) is 14.5. The lowest BCUT2D eigenvalue weighted by atomic mass is 9.98. The maximum absolute atomic E-state index is 13.1. The van der Waals surface area contributed by atoms with Gasteiger partial charge in [-0.3, -0.25) is 4.79 Å². The Balaban J connectivity index is 1.65. The standard InChI is InChI=1S/C19H23N3O2/c1-11-12(2)21-18-8-13(4-7-17(18)20-11)19(23)22-14-5-6-15(22)10-16(9-14)24-3/h4,7-8,14-16H,5-6,9-10H2,1-3H3/t14-,15+,16?. The molecule has 4 rings (SSSR count). The molecular formula is C19H23N3O2.